The van der Waals surface area contributed by atoms with E-state index >= 15 is 0 Å². The van der Waals surface area contributed by atoms with Gasteiger partial charge in [0.2, 0.25) is 0 Å². The molecular weight excluding hydrogens is 230 g/mol. The number of aromatic nitrogens is 1. The molecule has 1 atom stereocenters. The normalized spacial score (nSPS) is 21.1. The van der Waals surface area contributed by atoms with Gasteiger partial charge in [-0.2, -0.15) is 0 Å². The predicted octanol–water partition coefficient (Wildman–Crippen LogP) is 0.872. The van der Waals surface area contributed by atoms with Crippen LogP contribution in [0.5, 0.6) is 5.75 Å². The van der Waals surface area contributed by atoms with Crippen molar-refractivity contribution < 1.29 is 9.90 Å². The standard InChI is InChI=1S/C13H19N3O2/c1-9-6-11(12(17)7-14-9)13(18)16-5-4-15(3)10(2)8-16/h6-7,10,17H,4-5,8H2,1-3H3/t10-/m0/s1. The van der Waals surface area contributed by atoms with E-state index in [1.54, 1.807) is 11.0 Å². The van der Waals surface area contributed by atoms with Crippen LogP contribution in [0, 0.1) is 6.92 Å². The van der Waals surface area contributed by atoms with E-state index in [0.717, 1.165) is 12.2 Å². The number of hydrogen-bond acceptors (Lipinski definition) is 4. The SMILES string of the molecule is Cc1cc(C(=O)N2CCN(C)[C@@H](C)C2)c(O)cn1. The third-order valence-electron chi connectivity index (χ3n) is 3.50. The van der Waals surface area contributed by atoms with E-state index in [1.807, 2.05) is 6.92 Å². The first-order valence-corrected chi connectivity index (χ1v) is 6.14. The summed E-state index contributed by atoms with van der Waals surface area (Å²) in [4.78, 5) is 20.3. The molecule has 5 nitrogen and oxygen atoms in total. The zero-order valence-corrected chi connectivity index (χ0v) is 11.1. The molecule has 5 heteroatoms. The summed E-state index contributed by atoms with van der Waals surface area (Å²) >= 11 is 0. The first-order valence-electron chi connectivity index (χ1n) is 6.14. The molecule has 1 aromatic heterocycles. The summed E-state index contributed by atoms with van der Waals surface area (Å²) in [7, 11) is 2.06. The molecule has 0 aromatic carbocycles. The van der Waals surface area contributed by atoms with Crippen molar-refractivity contribution in [3.05, 3.63) is 23.5 Å². The smallest absolute Gasteiger partial charge is 0.257 e. The number of aromatic hydroxyl groups is 1. The predicted molar refractivity (Wildman–Crippen MR) is 68.6 cm³/mol. The van der Waals surface area contributed by atoms with Crippen LogP contribution in [0.1, 0.15) is 23.0 Å². The Kier molecular flexibility index (Phi) is 3.52. The molecule has 1 amide bonds. The van der Waals surface area contributed by atoms with Gasteiger partial charge in [0.1, 0.15) is 5.75 Å². The van der Waals surface area contributed by atoms with Crippen LogP contribution in [0.25, 0.3) is 0 Å². The van der Waals surface area contributed by atoms with Gasteiger partial charge in [-0.25, -0.2) is 0 Å². The maximum Gasteiger partial charge on any atom is 0.257 e. The molecule has 0 unspecified atom stereocenters. The quantitative estimate of drug-likeness (QED) is 0.802. The molecule has 18 heavy (non-hydrogen) atoms. The fraction of sp³-hybridized carbons (Fsp3) is 0.538. The van der Waals surface area contributed by atoms with E-state index in [-0.39, 0.29) is 11.7 Å². The number of hydrogen-bond donors (Lipinski definition) is 1. The average molecular weight is 249 g/mol. The van der Waals surface area contributed by atoms with Gasteiger partial charge in [0.25, 0.3) is 5.91 Å². The number of carbonyl (C=O) groups excluding carboxylic acids is 1. The van der Waals surface area contributed by atoms with Crippen molar-refractivity contribution in [3.8, 4) is 5.75 Å². The summed E-state index contributed by atoms with van der Waals surface area (Å²) < 4.78 is 0. The van der Waals surface area contributed by atoms with Crippen LogP contribution in [-0.2, 0) is 0 Å². The van der Waals surface area contributed by atoms with Crippen LogP contribution in [0.4, 0.5) is 0 Å². The number of nitrogens with zero attached hydrogens (tertiary/aromatic N) is 3. The molecule has 0 radical (unpaired) electrons. The van der Waals surface area contributed by atoms with Crippen LogP contribution in [0.3, 0.4) is 0 Å². The second-order valence-corrected chi connectivity index (χ2v) is 4.92. The van der Waals surface area contributed by atoms with Crippen LogP contribution in [-0.4, -0.2) is 58.5 Å². The minimum Gasteiger partial charge on any atom is -0.505 e. The molecular formula is C13H19N3O2. The number of pyridine rings is 1. The molecule has 1 saturated heterocycles. The summed E-state index contributed by atoms with van der Waals surface area (Å²) in [6.07, 6.45) is 1.34. The molecule has 98 valence electrons. The van der Waals surface area contributed by atoms with E-state index in [2.05, 4.69) is 23.9 Å². The van der Waals surface area contributed by atoms with Crippen LogP contribution >= 0.6 is 0 Å². The second kappa shape index (κ2) is 4.94. The average Bonchev–Trinajstić information content (AvgIpc) is 2.35. The van der Waals surface area contributed by atoms with Gasteiger partial charge >= 0.3 is 0 Å². The maximum absolute atomic E-state index is 12.3. The van der Waals surface area contributed by atoms with E-state index < -0.39 is 0 Å². The number of aryl methyl sites for hydroxylation is 1. The van der Waals surface area contributed by atoms with Gasteiger partial charge < -0.3 is 14.9 Å². The molecule has 2 rings (SSSR count). The van der Waals surface area contributed by atoms with Crippen LogP contribution < -0.4 is 0 Å². The Balaban J connectivity index is 2.19. The highest BCUT2D eigenvalue weighted by atomic mass is 16.3. The molecule has 1 aliphatic heterocycles. The molecule has 0 aliphatic carbocycles. The summed E-state index contributed by atoms with van der Waals surface area (Å²) in [5.41, 5.74) is 1.08. The van der Waals surface area contributed by atoms with Crippen LogP contribution in [0.2, 0.25) is 0 Å². The van der Waals surface area contributed by atoms with Crippen molar-refractivity contribution in [3.63, 3.8) is 0 Å². The lowest BCUT2D eigenvalue weighted by Gasteiger charge is -2.37. The zero-order chi connectivity index (χ0) is 13.3. The molecule has 0 spiro atoms. The lowest BCUT2D eigenvalue weighted by molar-refractivity contribution is 0.0569. The Morgan fingerprint density at radius 1 is 1.50 bits per heavy atom. The molecule has 1 fully saturated rings. The molecule has 1 N–H and O–H groups in total. The number of amides is 1. The highest BCUT2D eigenvalue weighted by Gasteiger charge is 2.26. The Labute approximate surface area is 107 Å². The number of rotatable bonds is 1. The van der Waals surface area contributed by atoms with Gasteiger partial charge in [-0.3, -0.25) is 9.78 Å². The largest absolute Gasteiger partial charge is 0.505 e. The minimum absolute atomic E-state index is 0.0443. The second-order valence-electron chi connectivity index (χ2n) is 4.92. The Bertz CT molecular complexity index is 462. The van der Waals surface area contributed by atoms with Crippen molar-refractivity contribution >= 4 is 5.91 Å². The number of carbonyl (C=O) groups is 1. The van der Waals surface area contributed by atoms with Crippen LogP contribution in [0.15, 0.2) is 12.3 Å². The molecule has 0 saturated carbocycles. The van der Waals surface area contributed by atoms with Gasteiger partial charge in [0.15, 0.2) is 0 Å². The first-order chi connectivity index (χ1) is 8.49. The third kappa shape index (κ3) is 2.46. The van der Waals surface area contributed by atoms with Crippen molar-refractivity contribution in [1.82, 2.24) is 14.8 Å². The Morgan fingerprint density at radius 3 is 2.89 bits per heavy atom. The van der Waals surface area contributed by atoms with E-state index in [9.17, 15) is 9.90 Å². The summed E-state index contributed by atoms with van der Waals surface area (Å²) in [6, 6.07) is 1.98. The van der Waals surface area contributed by atoms with E-state index in [1.165, 1.54) is 6.20 Å². The van der Waals surface area contributed by atoms with E-state index in [4.69, 9.17) is 0 Å². The molecule has 1 aromatic rings. The number of likely N-dealkylation sites (N-methyl/N-ethyl adjacent to an activating group) is 1. The molecule has 2 heterocycles. The number of piperazine rings is 1. The van der Waals surface area contributed by atoms with Crippen molar-refractivity contribution in [1.29, 1.82) is 0 Å². The maximum atomic E-state index is 12.3. The Hall–Kier alpha value is -1.62. The fourth-order valence-corrected chi connectivity index (χ4v) is 2.13. The van der Waals surface area contributed by atoms with Gasteiger partial charge in [-0.05, 0) is 27.0 Å². The van der Waals surface area contributed by atoms with Gasteiger partial charge in [0.05, 0.1) is 11.8 Å². The first kappa shape index (κ1) is 12.8. The highest BCUT2D eigenvalue weighted by molar-refractivity contribution is 5.96. The summed E-state index contributed by atoms with van der Waals surface area (Å²) in [5.74, 6) is -0.157. The summed E-state index contributed by atoms with van der Waals surface area (Å²) in [5, 5.41) is 9.73. The van der Waals surface area contributed by atoms with Gasteiger partial charge in [-0.1, -0.05) is 0 Å². The lowest BCUT2D eigenvalue weighted by atomic mass is 10.1. The third-order valence-corrected chi connectivity index (χ3v) is 3.50. The molecule has 1 aliphatic rings. The lowest BCUT2D eigenvalue weighted by Crippen LogP contribution is -2.52. The van der Waals surface area contributed by atoms with Crippen molar-refractivity contribution in [2.75, 3.05) is 26.7 Å². The van der Waals surface area contributed by atoms with Gasteiger partial charge in [0, 0.05) is 31.4 Å². The summed E-state index contributed by atoms with van der Waals surface area (Å²) in [6.45, 7) is 6.15. The molecule has 0 bridgehead atoms. The fourth-order valence-electron chi connectivity index (χ4n) is 2.13. The Morgan fingerprint density at radius 2 is 2.22 bits per heavy atom. The van der Waals surface area contributed by atoms with Crippen molar-refractivity contribution in [2.45, 2.75) is 19.9 Å². The topological polar surface area (TPSA) is 56.7 Å². The highest BCUT2D eigenvalue weighted by Crippen LogP contribution is 2.20. The van der Waals surface area contributed by atoms with Crippen molar-refractivity contribution in [2.24, 2.45) is 0 Å². The minimum atomic E-state index is -0.113. The van der Waals surface area contributed by atoms with E-state index in [0.29, 0.717) is 24.7 Å². The zero-order valence-electron chi connectivity index (χ0n) is 11.1. The monoisotopic (exact) mass is 249 g/mol. The van der Waals surface area contributed by atoms with Gasteiger partial charge in [-0.15, -0.1) is 0 Å².